The van der Waals surface area contributed by atoms with Gasteiger partial charge in [-0.1, -0.05) is 24.3 Å². The number of rotatable bonds is 3. The zero-order chi connectivity index (χ0) is 14.9. The molecular weight excluding hydrogens is 280 g/mol. The minimum atomic E-state index is -0.465. The van der Waals surface area contributed by atoms with Crippen molar-refractivity contribution in [1.29, 1.82) is 0 Å². The maximum Gasteiger partial charge on any atom is 0.261 e. The summed E-state index contributed by atoms with van der Waals surface area (Å²) in [7, 11) is 0. The second-order valence-corrected chi connectivity index (χ2v) is 5.18. The lowest BCUT2D eigenvalue weighted by molar-refractivity contribution is -0.127. The van der Waals surface area contributed by atoms with Crippen LogP contribution in [0.2, 0.25) is 0 Å². The Morgan fingerprint density at radius 3 is 3.09 bits per heavy atom. The van der Waals surface area contributed by atoms with Crippen LogP contribution in [0.1, 0.15) is 11.3 Å². The number of aromatic nitrogens is 3. The number of ether oxygens (including phenoxy) is 1. The van der Waals surface area contributed by atoms with Gasteiger partial charge in [0, 0.05) is 6.42 Å². The third kappa shape index (κ3) is 2.18. The van der Waals surface area contributed by atoms with Crippen LogP contribution >= 0.6 is 0 Å². The summed E-state index contributed by atoms with van der Waals surface area (Å²) < 4.78 is 7.40. The first-order valence-electron chi connectivity index (χ1n) is 7.11. The van der Waals surface area contributed by atoms with E-state index >= 15 is 0 Å². The molecular formula is C16H14N4O2. The number of carbonyl (C=O) groups is 1. The summed E-state index contributed by atoms with van der Waals surface area (Å²) in [5, 5.41) is 7.05. The highest BCUT2D eigenvalue weighted by atomic mass is 16.5. The molecule has 0 radical (unpaired) electrons. The van der Waals surface area contributed by atoms with Crippen LogP contribution in [0.4, 0.5) is 0 Å². The highest BCUT2D eigenvalue weighted by Gasteiger charge is 2.28. The molecule has 4 rings (SSSR count). The second-order valence-electron chi connectivity index (χ2n) is 5.18. The van der Waals surface area contributed by atoms with E-state index < -0.39 is 6.10 Å². The molecule has 2 aromatic heterocycles. The largest absolute Gasteiger partial charge is 0.480 e. The number of amides is 1. The van der Waals surface area contributed by atoms with Crippen molar-refractivity contribution < 1.29 is 9.53 Å². The molecule has 1 amide bonds. The quantitative estimate of drug-likeness (QED) is 0.791. The van der Waals surface area contributed by atoms with Crippen LogP contribution < -0.4 is 10.1 Å². The lowest BCUT2D eigenvalue weighted by atomic mass is 10.1. The number of nitrogens with zero attached hydrogens (tertiary/aromatic N) is 3. The standard InChI is InChI=1S/C16H14N4O2/c21-16(14-8-11-4-1-2-6-13(11)22-14)17-9-12-5-3-7-15-18-10-19-20(12)15/h1-7,10,14H,8-9H2,(H,17,21). The first kappa shape index (κ1) is 12.8. The van der Waals surface area contributed by atoms with Gasteiger partial charge in [0.1, 0.15) is 12.1 Å². The van der Waals surface area contributed by atoms with Crippen LogP contribution in [0.15, 0.2) is 48.8 Å². The van der Waals surface area contributed by atoms with E-state index in [1.807, 2.05) is 42.5 Å². The summed E-state index contributed by atoms with van der Waals surface area (Å²) in [5.74, 6) is 0.675. The Kier molecular flexibility index (Phi) is 3.00. The van der Waals surface area contributed by atoms with Gasteiger partial charge < -0.3 is 10.1 Å². The maximum absolute atomic E-state index is 12.3. The smallest absolute Gasteiger partial charge is 0.261 e. The molecule has 1 aliphatic rings. The molecule has 1 atom stereocenters. The summed E-state index contributed by atoms with van der Waals surface area (Å²) in [5.41, 5.74) is 2.70. The molecule has 3 heterocycles. The first-order chi connectivity index (χ1) is 10.8. The fourth-order valence-electron chi connectivity index (χ4n) is 2.65. The molecule has 110 valence electrons. The Morgan fingerprint density at radius 1 is 1.27 bits per heavy atom. The van der Waals surface area contributed by atoms with Gasteiger partial charge >= 0.3 is 0 Å². The SMILES string of the molecule is O=C(NCc1cccc2ncnn12)C1Cc2ccccc2O1. The minimum Gasteiger partial charge on any atom is -0.480 e. The van der Waals surface area contributed by atoms with Crippen LogP contribution in [0.5, 0.6) is 5.75 Å². The van der Waals surface area contributed by atoms with Crippen molar-refractivity contribution in [2.45, 2.75) is 19.1 Å². The van der Waals surface area contributed by atoms with Gasteiger partial charge in [-0.3, -0.25) is 4.79 Å². The van der Waals surface area contributed by atoms with Crippen molar-refractivity contribution in [3.05, 3.63) is 60.0 Å². The lowest BCUT2D eigenvalue weighted by Gasteiger charge is -2.11. The third-order valence-electron chi connectivity index (χ3n) is 3.76. The van der Waals surface area contributed by atoms with Gasteiger partial charge in [-0.15, -0.1) is 0 Å². The Labute approximate surface area is 126 Å². The fourth-order valence-corrected chi connectivity index (χ4v) is 2.65. The van der Waals surface area contributed by atoms with Crippen LogP contribution in [-0.2, 0) is 17.8 Å². The number of benzene rings is 1. The van der Waals surface area contributed by atoms with E-state index in [9.17, 15) is 4.79 Å². The molecule has 0 saturated carbocycles. The fraction of sp³-hybridized carbons (Fsp3) is 0.188. The first-order valence-corrected chi connectivity index (χ1v) is 7.11. The highest BCUT2D eigenvalue weighted by Crippen LogP contribution is 2.28. The normalized spacial score (nSPS) is 16.3. The monoisotopic (exact) mass is 294 g/mol. The van der Waals surface area contributed by atoms with Gasteiger partial charge in [-0.25, -0.2) is 9.50 Å². The lowest BCUT2D eigenvalue weighted by Crippen LogP contribution is -2.37. The van der Waals surface area contributed by atoms with Gasteiger partial charge in [0.25, 0.3) is 5.91 Å². The average molecular weight is 294 g/mol. The molecule has 6 nitrogen and oxygen atoms in total. The Balaban J connectivity index is 1.44. The number of nitrogens with one attached hydrogen (secondary N) is 1. The summed E-state index contributed by atoms with van der Waals surface area (Å²) in [4.78, 5) is 16.4. The molecule has 1 N–H and O–H groups in total. The Bertz CT molecular complexity index is 818. The van der Waals surface area contributed by atoms with Crippen molar-refractivity contribution in [3.63, 3.8) is 0 Å². The molecule has 0 saturated heterocycles. The molecule has 6 heteroatoms. The zero-order valence-electron chi connectivity index (χ0n) is 11.8. The number of pyridine rings is 1. The average Bonchev–Trinajstić information content (AvgIpc) is 3.18. The molecule has 3 aromatic rings. The molecule has 1 aliphatic heterocycles. The van der Waals surface area contributed by atoms with Crippen molar-refractivity contribution in [3.8, 4) is 5.75 Å². The van der Waals surface area contributed by atoms with Crippen molar-refractivity contribution in [2.24, 2.45) is 0 Å². The van der Waals surface area contributed by atoms with Gasteiger partial charge in [0.2, 0.25) is 0 Å². The number of carbonyl (C=O) groups excluding carboxylic acids is 1. The Morgan fingerprint density at radius 2 is 2.18 bits per heavy atom. The van der Waals surface area contributed by atoms with Gasteiger partial charge in [0.05, 0.1) is 12.2 Å². The molecule has 0 bridgehead atoms. The molecule has 0 aliphatic carbocycles. The third-order valence-corrected chi connectivity index (χ3v) is 3.76. The van der Waals surface area contributed by atoms with E-state index in [1.165, 1.54) is 6.33 Å². The molecule has 22 heavy (non-hydrogen) atoms. The predicted octanol–water partition coefficient (Wildman–Crippen LogP) is 1.35. The van der Waals surface area contributed by atoms with E-state index in [2.05, 4.69) is 15.4 Å². The van der Waals surface area contributed by atoms with E-state index in [4.69, 9.17) is 4.74 Å². The minimum absolute atomic E-state index is 0.117. The van der Waals surface area contributed by atoms with Crippen LogP contribution in [0.3, 0.4) is 0 Å². The predicted molar refractivity (Wildman–Crippen MR) is 79.4 cm³/mol. The van der Waals surface area contributed by atoms with E-state index in [0.717, 1.165) is 22.7 Å². The van der Waals surface area contributed by atoms with Crippen LogP contribution in [0.25, 0.3) is 5.65 Å². The van der Waals surface area contributed by atoms with Crippen molar-refractivity contribution >= 4 is 11.6 Å². The number of hydrogen-bond acceptors (Lipinski definition) is 4. The van der Waals surface area contributed by atoms with Crippen LogP contribution in [0, 0.1) is 0 Å². The second kappa shape index (κ2) is 5.14. The van der Waals surface area contributed by atoms with Gasteiger partial charge in [-0.2, -0.15) is 5.10 Å². The number of para-hydroxylation sites is 1. The summed E-state index contributed by atoms with van der Waals surface area (Å²) in [6.07, 6.45) is 1.64. The summed E-state index contributed by atoms with van der Waals surface area (Å²) in [6, 6.07) is 13.4. The van der Waals surface area contributed by atoms with E-state index in [1.54, 1.807) is 4.52 Å². The summed E-state index contributed by atoms with van der Waals surface area (Å²) in [6.45, 7) is 0.385. The van der Waals surface area contributed by atoms with E-state index in [0.29, 0.717) is 13.0 Å². The highest BCUT2D eigenvalue weighted by molar-refractivity contribution is 5.82. The van der Waals surface area contributed by atoms with Gasteiger partial charge in [0.15, 0.2) is 11.8 Å². The molecule has 0 spiro atoms. The van der Waals surface area contributed by atoms with Crippen molar-refractivity contribution in [1.82, 2.24) is 19.9 Å². The van der Waals surface area contributed by atoms with Gasteiger partial charge in [-0.05, 0) is 23.8 Å². The molecule has 1 aromatic carbocycles. The van der Waals surface area contributed by atoms with E-state index in [-0.39, 0.29) is 5.91 Å². The zero-order valence-corrected chi connectivity index (χ0v) is 11.8. The number of hydrogen-bond donors (Lipinski definition) is 1. The number of fused-ring (bicyclic) bond motifs is 2. The summed E-state index contributed by atoms with van der Waals surface area (Å²) >= 11 is 0. The van der Waals surface area contributed by atoms with Crippen molar-refractivity contribution in [2.75, 3.05) is 0 Å². The maximum atomic E-state index is 12.3. The topological polar surface area (TPSA) is 68.5 Å². The molecule has 0 fully saturated rings. The molecule has 1 unspecified atom stereocenters. The Hall–Kier alpha value is -2.89. The van der Waals surface area contributed by atoms with Crippen LogP contribution in [-0.4, -0.2) is 26.6 Å².